The topological polar surface area (TPSA) is 117 Å². The van der Waals surface area contributed by atoms with E-state index in [4.69, 9.17) is 5.73 Å². The number of aromatic nitrogens is 6. The lowest BCUT2D eigenvalue weighted by Gasteiger charge is -2.10. The van der Waals surface area contributed by atoms with Crippen LogP contribution in [0.1, 0.15) is 47.9 Å². The number of hydrogen-bond donors (Lipinski definition) is 2. The molecule has 0 radical (unpaired) electrons. The minimum Gasteiger partial charge on any atom is -0.383 e. The normalized spacial score (nSPS) is 15.1. The molecule has 0 aromatic carbocycles. The Balaban J connectivity index is 1.78. The average molecular weight is 340 g/mol. The predicted molar refractivity (Wildman–Crippen MR) is 93.1 cm³/mol. The molecule has 3 N–H and O–H groups in total. The van der Waals surface area contributed by atoms with Gasteiger partial charge < -0.3 is 11.1 Å². The van der Waals surface area contributed by atoms with E-state index in [1.807, 2.05) is 11.6 Å². The van der Waals surface area contributed by atoms with Crippen LogP contribution in [-0.4, -0.2) is 35.4 Å². The van der Waals surface area contributed by atoms with E-state index in [9.17, 15) is 4.79 Å². The first kappa shape index (κ1) is 15.6. The van der Waals surface area contributed by atoms with Crippen LogP contribution >= 0.6 is 0 Å². The maximum atomic E-state index is 12.8. The van der Waals surface area contributed by atoms with Crippen molar-refractivity contribution in [3.05, 3.63) is 23.8 Å². The quantitative estimate of drug-likeness (QED) is 0.751. The number of nitrogen functional groups attached to an aromatic ring is 1. The van der Waals surface area contributed by atoms with Gasteiger partial charge in [0, 0.05) is 13.1 Å². The number of nitrogens with one attached hydrogen (secondary N) is 1. The number of nitrogens with two attached hydrogens (primary N) is 1. The van der Waals surface area contributed by atoms with E-state index in [2.05, 4.69) is 25.5 Å². The molecule has 3 aromatic heterocycles. The Morgan fingerprint density at radius 3 is 2.72 bits per heavy atom. The number of hydrogen-bond acceptors (Lipinski definition) is 6. The largest absolute Gasteiger partial charge is 0.383 e. The summed E-state index contributed by atoms with van der Waals surface area (Å²) in [5, 5.41) is 12.1. The molecular weight excluding hydrogens is 320 g/mol. The van der Waals surface area contributed by atoms with Crippen molar-refractivity contribution < 1.29 is 4.79 Å². The van der Waals surface area contributed by atoms with Gasteiger partial charge in [-0.15, -0.1) is 0 Å². The van der Waals surface area contributed by atoms with Gasteiger partial charge in [0.15, 0.2) is 11.3 Å². The molecule has 0 aliphatic heterocycles. The van der Waals surface area contributed by atoms with Crippen LogP contribution in [0.15, 0.2) is 12.4 Å². The molecule has 0 saturated heterocycles. The molecule has 0 spiro atoms. The van der Waals surface area contributed by atoms with Gasteiger partial charge >= 0.3 is 0 Å². The van der Waals surface area contributed by atoms with E-state index >= 15 is 0 Å². The number of nitrogens with zero attached hydrogens (tertiary/aromatic N) is 6. The van der Waals surface area contributed by atoms with E-state index in [1.54, 1.807) is 17.8 Å². The van der Waals surface area contributed by atoms with Crippen molar-refractivity contribution in [2.45, 2.75) is 38.6 Å². The summed E-state index contributed by atoms with van der Waals surface area (Å²) in [7, 11) is 1.77. The number of carbonyl (C=O) groups excluding carboxylic acids is 1. The van der Waals surface area contributed by atoms with Crippen molar-refractivity contribution in [3.8, 4) is 0 Å². The zero-order valence-corrected chi connectivity index (χ0v) is 14.2. The van der Waals surface area contributed by atoms with Gasteiger partial charge in [0.1, 0.15) is 18.0 Å². The Morgan fingerprint density at radius 2 is 2.04 bits per heavy atom. The Hall–Kier alpha value is -2.97. The molecule has 0 unspecified atom stereocenters. The highest BCUT2D eigenvalue weighted by atomic mass is 16.2. The molecule has 0 atom stereocenters. The third kappa shape index (κ3) is 2.61. The van der Waals surface area contributed by atoms with Gasteiger partial charge in [0.05, 0.1) is 17.1 Å². The van der Waals surface area contributed by atoms with Crippen LogP contribution in [0.5, 0.6) is 0 Å². The standard InChI is InChI=1S/C16H20N8O/c1-9-7-11(23(2)21-9)20-16(25)13-12-14(17)18-8-19-15(12)24(22-13)10-5-3-4-6-10/h7-8,10H,3-6H2,1-2H3,(H,20,25)(H2,17,18,19). The first-order valence-corrected chi connectivity index (χ1v) is 8.35. The van der Waals surface area contributed by atoms with Crippen molar-refractivity contribution >= 4 is 28.6 Å². The third-order valence-corrected chi connectivity index (χ3v) is 4.65. The summed E-state index contributed by atoms with van der Waals surface area (Å²) in [6, 6.07) is 2.05. The molecule has 1 aliphatic carbocycles. The van der Waals surface area contributed by atoms with Gasteiger partial charge in [-0.05, 0) is 19.8 Å². The Morgan fingerprint density at radius 1 is 1.28 bits per heavy atom. The Labute approximate surface area is 144 Å². The van der Waals surface area contributed by atoms with Crippen molar-refractivity contribution in [2.75, 3.05) is 11.1 Å². The average Bonchev–Trinajstić information content (AvgIpc) is 3.27. The van der Waals surface area contributed by atoms with Gasteiger partial charge in [-0.25, -0.2) is 14.6 Å². The second-order valence-corrected chi connectivity index (χ2v) is 6.44. The Kier molecular flexibility index (Phi) is 3.63. The first-order valence-electron chi connectivity index (χ1n) is 8.35. The SMILES string of the molecule is Cc1cc(NC(=O)c2nn(C3CCCC3)c3ncnc(N)c23)n(C)n1. The molecule has 0 bridgehead atoms. The summed E-state index contributed by atoms with van der Waals surface area (Å²) in [4.78, 5) is 21.2. The summed E-state index contributed by atoms with van der Waals surface area (Å²) in [5.41, 5.74) is 7.72. The molecule has 4 rings (SSSR count). The molecular formula is C16H20N8O. The van der Waals surface area contributed by atoms with E-state index in [0.29, 0.717) is 16.9 Å². The maximum absolute atomic E-state index is 12.8. The highest BCUT2D eigenvalue weighted by molar-refractivity contribution is 6.12. The summed E-state index contributed by atoms with van der Waals surface area (Å²) in [5.74, 6) is 0.522. The minimum atomic E-state index is -0.341. The molecule has 1 amide bonds. The van der Waals surface area contributed by atoms with Crippen LogP contribution in [0.25, 0.3) is 11.0 Å². The van der Waals surface area contributed by atoms with E-state index < -0.39 is 0 Å². The zero-order valence-electron chi connectivity index (χ0n) is 14.2. The number of rotatable bonds is 3. The summed E-state index contributed by atoms with van der Waals surface area (Å²) in [6.07, 6.45) is 5.78. The van der Waals surface area contributed by atoms with Crippen molar-refractivity contribution in [3.63, 3.8) is 0 Å². The van der Waals surface area contributed by atoms with Crippen molar-refractivity contribution in [1.29, 1.82) is 0 Å². The molecule has 3 aromatic rings. The van der Waals surface area contributed by atoms with Gasteiger partial charge in [0.2, 0.25) is 0 Å². The number of aryl methyl sites for hydroxylation is 2. The van der Waals surface area contributed by atoms with Crippen LogP contribution in [-0.2, 0) is 7.05 Å². The fourth-order valence-corrected chi connectivity index (χ4v) is 3.46. The van der Waals surface area contributed by atoms with Crippen LogP contribution in [0, 0.1) is 6.92 Å². The molecule has 25 heavy (non-hydrogen) atoms. The van der Waals surface area contributed by atoms with Crippen molar-refractivity contribution in [1.82, 2.24) is 29.5 Å². The lowest BCUT2D eigenvalue weighted by atomic mass is 10.2. The zero-order chi connectivity index (χ0) is 17.6. The summed E-state index contributed by atoms with van der Waals surface area (Å²) in [6.45, 7) is 1.87. The first-order chi connectivity index (χ1) is 12.0. The number of carbonyl (C=O) groups is 1. The molecule has 1 saturated carbocycles. The molecule has 9 nitrogen and oxygen atoms in total. The lowest BCUT2D eigenvalue weighted by molar-refractivity contribution is 0.102. The van der Waals surface area contributed by atoms with E-state index in [1.165, 1.54) is 6.33 Å². The van der Waals surface area contributed by atoms with Crippen LogP contribution < -0.4 is 11.1 Å². The van der Waals surface area contributed by atoms with E-state index in [0.717, 1.165) is 31.4 Å². The maximum Gasteiger partial charge on any atom is 0.278 e. The fraction of sp³-hybridized carbons (Fsp3) is 0.438. The van der Waals surface area contributed by atoms with Gasteiger partial charge in [-0.1, -0.05) is 12.8 Å². The van der Waals surface area contributed by atoms with Crippen molar-refractivity contribution in [2.24, 2.45) is 7.05 Å². The molecule has 1 fully saturated rings. The highest BCUT2D eigenvalue weighted by Crippen LogP contribution is 2.33. The summed E-state index contributed by atoms with van der Waals surface area (Å²) >= 11 is 0. The number of amides is 1. The third-order valence-electron chi connectivity index (χ3n) is 4.65. The summed E-state index contributed by atoms with van der Waals surface area (Å²) < 4.78 is 3.45. The predicted octanol–water partition coefficient (Wildman–Crippen LogP) is 1.82. The van der Waals surface area contributed by atoms with Gasteiger partial charge in [0.25, 0.3) is 5.91 Å². The molecule has 1 aliphatic rings. The minimum absolute atomic E-state index is 0.247. The fourth-order valence-electron chi connectivity index (χ4n) is 3.46. The monoisotopic (exact) mass is 340 g/mol. The second kappa shape index (κ2) is 5.83. The van der Waals surface area contributed by atoms with Gasteiger partial charge in [-0.2, -0.15) is 10.2 Å². The van der Waals surface area contributed by atoms with Gasteiger partial charge in [-0.3, -0.25) is 9.48 Å². The lowest BCUT2D eigenvalue weighted by Crippen LogP contribution is -2.16. The van der Waals surface area contributed by atoms with Crippen LogP contribution in [0.4, 0.5) is 11.6 Å². The molecule has 3 heterocycles. The number of anilines is 2. The number of fused-ring (bicyclic) bond motifs is 1. The van der Waals surface area contributed by atoms with E-state index in [-0.39, 0.29) is 23.5 Å². The smallest absolute Gasteiger partial charge is 0.278 e. The van der Waals surface area contributed by atoms with Crippen LogP contribution in [0.2, 0.25) is 0 Å². The molecule has 130 valence electrons. The highest BCUT2D eigenvalue weighted by Gasteiger charge is 2.27. The van der Waals surface area contributed by atoms with Crippen LogP contribution in [0.3, 0.4) is 0 Å². The Bertz CT molecular complexity index is 951. The molecule has 9 heteroatoms. The second-order valence-electron chi connectivity index (χ2n) is 6.44.